The van der Waals surface area contributed by atoms with Crippen LogP contribution >= 0.6 is 15.9 Å². The van der Waals surface area contributed by atoms with Crippen LogP contribution in [0.3, 0.4) is 0 Å². The van der Waals surface area contributed by atoms with Crippen LogP contribution in [-0.2, 0) is 17.9 Å². The number of carbonyl (C=O) groups excluding carboxylic acids is 2. The molecule has 3 amide bonds. The Morgan fingerprint density at radius 2 is 1.71 bits per heavy atom. The smallest absolute Gasteiger partial charge is 0.329 e. The van der Waals surface area contributed by atoms with Crippen molar-refractivity contribution in [1.29, 1.82) is 0 Å². The Morgan fingerprint density at radius 1 is 0.968 bits per heavy atom. The zero-order valence-corrected chi connectivity index (χ0v) is 17.9. The third-order valence-electron chi connectivity index (χ3n) is 4.73. The van der Waals surface area contributed by atoms with E-state index in [9.17, 15) is 14.0 Å². The highest BCUT2D eigenvalue weighted by molar-refractivity contribution is 9.10. The zero-order valence-electron chi connectivity index (χ0n) is 16.3. The first-order valence-corrected chi connectivity index (χ1v) is 10.3. The first kappa shape index (κ1) is 20.8. The molecule has 3 aromatic carbocycles. The van der Waals surface area contributed by atoms with Crippen molar-refractivity contribution in [3.63, 3.8) is 0 Å². The lowest BCUT2D eigenvalue weighted by Gasteiger charge is -2.12. The Kier molecular flexibility index (Phi) is 6.13. The molecule has 0 spiro atoms. The van der Waals surface area contributed by atoms with Crippen molar-refractivity contribution in [3.8, 4) is 5.75 Å². The van der Waals surface area contributed by atoms with E-state index in [4.69, 9.17) is 4.74 Å². The van der Waals surface area contributed by atoms with Gasteiger partial charge in [-0.25, -0.2) is 9.18 Å². The van der Waals surface area contributed by atoms with Crippen LogP contribution in [0, 0.1) is 5.82 Å². The van der Waals surface area contributed by atoms with Crippen LogP contribution < -0.4 is 10.1 Å². The molecule has 5 nitrogen and oxygen atoms in total. The van der Waals surface area contributed by atoms with E-state index in [1.54, 1.807) is 24.3 Å². The van der Waals surface area contributed by atoms with Crippen LogP contribution in [0.2, 0.25) is 0 Å². The van der Waals surface area contributed by atoms with E-state index in [-0.39, 0.29) is 18.1 Å². The summed E-state index contributed by atoms with van der Waals surface area (Å²) >= 11 is 3.43. The summed E-state index contributed by atoms with van der Waals surface area (Å²) in [6, 6.07) is 20.3. The number of nitrogens with one attached hydrogen (secondary N) is 1. The van der Waals surface area contributed by atoms with Gasteiger partial charge in [-0.1, -0.05) is 58.4 Å². The first-order chi connectivity index (χ1) is 15.0. The minimum Gasteiger partial charge on any atom is -0.488 e. The fourth-order valence-electron chi connectivity index (χ4n) is 3.14. The molecule has 0 bridgehead atoms. The lowest BCUT2D eigenvalue weighted by Crippen LogP contribution is -2.30. The maximum absolute atomic E-state index is 13.1. The summed E-state index contributed by atoms with van der Waals surface area (Å²) in [4.78, 5) is 26.3. The topological polar surface area (TPSA) is 58.6 Å². The van der Waals surface area contributed by atoms with E-state index in [0.717, 1.165) is 14.9 Å². The van der Waals surface area contributed by atoms with Crippen molar-refractivity contribution < 1.29 is 18.7 Å². The molecule has 1 N–H and O–H groups in total. The largest absolute Gasteiger partial charge is 0.488 e. The van der Waals surface area contributed by atoms with Gasteiger partial charge in [-0.15, -0.1) is 0 Å². The second-order valence-corrected chi connectivity index (χ2v) is 7.88. The van der Waals surface area contributed by atoms with Gasteiger partial charge in [-0.2, -0.15) is 0 Å². The normalized spacial score (nSPS) is 14.8. The average Bonchev–Trinajstić information content (AvgIpc) is 3.03. The maximum atomic E-state index is 13.1. The van der Waals surface area contributed by atoms with Crippen LogP contribution in [0.1, 0.15) is 16.7 Å². The number of rotatable bonds is 6. The van der Waals surface area contributed by atoms with Crippen LogP contribution in [0.15, 0.2) is 83.0 Å². The zero-order chi connectivity index (χ0) is 21.8. The van der Waals surface area contributed by atoms with Gasteiger partial charge in [0.15, 0.2) is 0 Å². The molecule has 1 aliphatic heterocycles. The summed E-state index contributed by atoms with van der Waals surface area (Å²) in [6.45, 7) is 0.424. The minimum absolute atomic E-state index is 0.0537. The molecule has 1 fully saturated rings. The van der Waals surface area contributed by atoms with Gasteiger partial charge in [-0.3, -0.25) is 9.69 Å². The Bertz CT molecular complexity index is 1150. The standard InChI is InChI=1S/C24H18BrFN2O3/c25-19-8-11-22(31-15-17-4-2-1-3-5-17)18(12-19)13-21-23(29)28(24(30)27-21)14-16-6-9-20(26)10-7-16/h1-13H,14-15H2,(H,27,30)/b21-13+. The highest BCUT2D eigenvalue weighted by Crippen LogP contribution is 2.27. The number of ether oxygens (including phenoxy) is 1. The highest BCUT2D eigenvalue weighted by atomic mass is 79.9. The molecule has 3 aromatic rings. The van der Waals surface area contributed by atoms with E-state index in [1.165, 1.54) is 12.1 Å². The van der Waals surface area contributed by atoms with E-state index in [1.807, 2.05) is 42.5 Å². The van der Waals surface area contributed by atoms with Crippen molar-refractivity contribution in [2.75, 3.05) is 0 Å². The minimum atomic E-state index is -0.526. The number of hydrogen-bond acceptors (Lipinski definition) is 3. The number of urea groups is 1. The lowest BCUT2D eigenvalue weighted by atomic mass is 10.1. The summed E-state index contributed by atoms with van der Waals surface area (Å²) in [5.41, 5.74) is 2.47. The Labute approximate surface area is 187 Å². The van der Waals surface area contributed by atoms with Crippen molar-refractivity contribution in [1.82, 2.24) is 10.2 Å². The summed E-state index contributed by atoms with van der Waals surface area (Å²) < 4.78 is 19.9. The second kappa shape index (κ2) is 9.14. The molecule has 0 aromatic heterocycles. The number of nitrogens with zero attached hydrogens (tertiary/aromatic N) is 1. The molecular weight excluding hydrogens is 463 g/mol. The van der Waals surface area contributed by atoms with Gasteiger partial charge < -0.3 is 10.1 Å². The van der Waals surface area contributed by atoms with Crippen LogP contribution in [0.25, 0.3) is 6.08 Å². The maximum Gasteiger partial charge on any atom is 0.329 e. The SMILES string of the molecule is O=C1N/C(=C/c2cc(Br)ccc2OCc2ccccc2)C(=O)N1Cc1ccc(F)cc1. The molecule has 0 radical (unpaired) electrons. The second-order valence-electron chi connectivity index (χ2n) is 6.96. The Morgan fingerprint density at radius 3 is 2.45 bits per heavy atom. The van der Waals surface area contributed by atoms with Gasteiger partial charge in [0.25, 0.3) is 5.91 Å². The number of imide groups is 1. The summed E-state index contributed by atoms with van der Waals surface area (Å²) in [5, 5.41) is 2.61. The molecule has 156 valence electrons. The number of benzene rings is 3. The molecule has 0 aliphatic carbocycles. The van der Waals surface area contributed by atoms with Gasteiger partial charge in [-0.05, 0) is 47.5 Å². The highest BCUT2D eigenvalue weighted by Gasteiger charge is 2.33. The van der Waals surface area contributed by atoms with Crippen LogP contribution in [0.5, 0.6) is 5.75 Å². The monoisotopic (exact) mass is 480 g/mol. The molecule has 0 unspecified atom stereocenters. The molecule has 1 aliphatic rings. The summed E-state index contributed by atoms with van der Waals surface area (Å²) in [5.74, 6) is -0.249. The fourth-order valence-corrected chi connectivity index (χ4v) is 3.52. The number of hydrogen-bond donors (Lipinski definition) is 1. The van der Waals surface area contributed by atoms with E-state index < -0.39 is 11.9 Å². The van der Waals surface area contributed by atoms with Crippen molar-refractivity contribution in [2.24, 2.45) is 0 Å². The van der Waals surface area contributed by atoms with Gasteiger partial charge in [0.1, 0.15) is 23.9 Å². The molecule has 7 heteroatoms. The number of halogens is 2. The van der Waals surface area contributed by atoms with Crippen molar-refractivity contribution in [2.45, 2.75) is 13.2 Å². The molecule has 4 rings (SSSR count). The van der Waals surface area contributed by atoms with E-state index in [2.05, 4.69) is 21.2 Å². The predicted molar refractivity (Wildman–Crippen MR) is 118 cm³/mol. The van der Waals surface area contributed by atoms with Gasteiger partial charge in [0.05, 0.1) is 6.54 Å². The third kappa shape index (κ3) is 5.00. The van der Waals surface area contributed by atoms with Gasteiger partial charge in [0.2, 0.25) is 0 Å². The van der Waals surface area contributed by atoms with Gasteiger partial charge >= 0.3 is 6.03 Å². The summed E-state index contributed by atoms with van der Waals surface area (Å²) in [7, 11) is 0. The number of carbonyl (C=O) groups is 2. The fraction of sp³-hybridized carbons (Fsp3) is 0.0833. The average molecular weight is 481 g/mol. The van der Waals surface area contributed by atoms with Crippen LogP contribution in [-0.4, -0.2) is 16.8 Å². The molecular formula is C24H18BrFN2O3. The van der Waals surface area contributed by atoms with Gasteiger partial charge in [0, 0.05) is 10.0 Å². The third-order valence-corrected chi connectivity index (χ3v) is 5.22. The van der Waals surface area contributed by atoms with Crippen LogP contribution in [0.4, 0.5) is 9.18 Å². The molecule has 1 saturated heterocycles. The molecule has 0 saturated carbocycles. The number of amides is 3. The lowest BCUT2D eigenvalue weighted by molar-refractivity contribution is -0.123. The Balaban J connectivity index is 1.55. The molecule has 1 heterocycles. The van der Waals surface area contributed by atoms with Crippen molar-refractivity contribution >= 4 is 33.9 Å². The van der Waals surface area contributed by atoms with E-state index in [0.29, 0.717) is 23.5 Å². The molecule has 31 heavy (non-hydrogen) atoms. The first-order valence-electron chi connectivity index (χ1n) is 9.55. The van der Waals surface area contributed by atoms with E-state index >= 15 is 0 Å². The molecule has 0 atom stereocenters. The predicted octanol–water partition coefficient (Wildman–Crippen LogP) is 5.26. The van der Waals surface area contributed by atoms with Crippen molar-refractivity contribution in [3.05, 3.63) is 105 Å². The Hall–Kier alpha value is -3.45. The summed E-state index contributed by atoms with van der Waals surface area (Å²) in [6.07, 6.45) is 1.59. The quantitative estimate of drug-likeness (QED) is 0.386.